The predicted octanol–water partition coefficient (Wildman–Crippen LogP) is 2.78. The lowest BCUT2D eigenvalue weighted by Gasteiger charge is -2.15. The molecule has 4 nitrogen and oxygen atoms in total. The number of para-hydroxylation sites is 1. The number of hydrogen-bond acceptors (Lipinski definition) is 4. The molecular weight excluding hydrogens is 278 g/mol. The second-order valence-corrected chi connectivity index (χ2v) is 5.01. The van der Waals surface area contributed by atoms with Crippen LogP contribution in [-0.4, -0.2) is 20.2 Å². The minimum absolute atomic E-state index is 0.342. The zero-order valence-electron chi connectivity index (χ0n) is 13.1. The number of benzene rings is 1. The summed E-state index contributed by atoms with van der Waals surface area (Å²) in [6.07, 6.45) is 0. The van der Waals surface area contributed by atoms with E-state index in [0.717, 1.165) is 17.0 Å². The number of anilines is 1. The smallest absolute Gasteiger partial charge is 0.337 e. The highest BCUT2D eigenvalue weighted by molar-refractivity contribution is 5.46. The zero-order chi connectivity index (χ0) is 15.9. The first-order chi connectivity index (χ1) is 10.6. The molecule has 0 spiro atoms. The molecule has 0 saturated heterocycles. The summed E-state index contributed by atoms with van der Waals surface area (Å²) in [5.41, 5.74) is 1.54. The van der Waals surface area contributed by atoms with Crippen LogP contribution in [0.3, 0.4) is 0 Å². The number of aryl methyl sites for hydroxylation is 2. The van der Waals surface area contributed by atoms with Gasteiger partial charge >= 0.3 is 5.63 Å². The molecule has 0 aliphatic heterocycles. The van der Waals surface area contributed by atoms with E-state index in [2.05, 4.69) is 11.8 Å². The molecule has 0 amide bonds. The molecule has 2 rings (SSSR count). The summed E-state index contributed by atoms with van der Waals surface area (Å²) in [6, 6.07) is 11.1. The second kappa shape index (κ2) is 7.37. The Labute approximate surface area is 130 Å². The summed E-state index contributed by atoms with van der Waals surface area (Å²) in [5, 5.41) is 0. The van der Waals surface area contributed by atoms with E-state index in [-0.39, 0.29) is 5.63 Å². The van der Waals surface area contributed by atoms with E-state index in [9.17, 15) is 4.79 Å². The van der Waals surface area contributed by atoms with Crippen molar-refractivity contribution in [3.8, 4) is 17.6 Å². The Morgan fingerprint density at radius 3 is 2.68 bits per heavy atom. The first-order valence-corrected chi connectivity index (χ1v) is 7.03. The van der Waals surface area contributed by atoms with Crippen LogP contribution in [0.2, 0.25) is 0 Å². The van der Waals surface area contributed by atoms with Crippen LogP contribution in [0.5, 0.6) is 5.75 Å². The standard InChI is InChI=1S/C18H19NO3/c1-14-8-4-5-9-17(14)21-11-7-6-10-19(3)16-12-15(2)22-18(20)13-16/h4-5,8-9,12-13H,10-11H2,1-3H3. The van der Waals surface area contributed by atoms with Crippen molar-refractivity contribution >= 4 is 5.69 Å². The van der Waals surface area contributed by atoms with Gasteiger partial charge in [-0.25, -0.2) is 4.79 Å². The van der Waals surface area contributed by atoms with Crippen molar-refractivity contribution in [2.75, 3.05) is 25.1 Å². The Bertz CT molecular complexity index is 753. The molecule has 1 aromatic carbocycles. The lowest BCUT2D eigenvalue weighted by atomic mass is 10.2. The predicted molar refractivity (Wildman–Crippen MR) is 87.4 cm³/mol. The second-order valence-electron chi connectivity index (χ2n) is 5.01. The first-order valence-electron chi connectivity index (χ1n) is 7.03. The van der Waals surface area contributed by atoms with Gasteiger partial charge in [0.1, 0.15) is 18.1 Å². The normalized spacial score (nSPS) is 9.77. The monoisotopic (exact) mass is 297 g/mol. The molecule has 0 bridgehead atoms. The third kappa shape index (κ3) is 4.42. The Morgan fingerprint density at radius 1 is 1.18 bits per heavy atom. The lowest BCUT2D eigenvalue weighted by molar-refractivity contribution is 0.367. The average Bonchev–Trinajstić information content (AvgIpc) is 2.47. The number of ether oxygens (including phenoxy) is 1. The van der Waals surface area contributed by atoms with Gasteiger partial charge in [0.15, 0.2) is 0 Å². The Hall–Kier alpha value is -2.67. The SMILES string of the molecule is Cc1cc(N(C)CC#CCOc2ccccc2C)cc(=O)o1. The molecule has 0 radical (unpaired) electrons. The van der Waals surface area contributed by atoms with Crippen molar-refractivity contribution in [1.82, 2.24) is 0 Å². The third-order valence-corrected chi connectivity index (χ3v) is 3.15. The third-order valence-electron chi connectivity index (χ3n) is 3.15. The van der Waals surface area contributed by atoms with Crippen LogP contribution in [0, 0.1) is 25.7 Å². The van der Waals surface area contributed by atoms with Crippen molar-refractivity contribution in [2.24, 2.45) is 0 Å². The van der Waals surface area contributed by atoms with Gasteiger partial charge < -0.3 is 14.1 Å². The fraction of sp³-hybridized carbons (Fsp3) is 0.278. The molecule has 4 heteroatoms. The van der Waals surface area contributed by atoms with Crippen molar-refractivity contribution in [1.29, 1.82) is 0 Å². The Morgan fingerprint density at radius 2 is 1.95 bits per heavy atom. The number of rotatable bonds is 4. The molecular formula is C18H19NO3. The highest BCUT2D eigenvalue weighted by atomic mass is 16.5. The molecule has 0 saturated carbocycles. The van der Waals surface area contributed by atoms with Gasteiger partial charge in [0.25, 0.3) is 0 Å². The number of hydrogen-bond donors (Lipinski definition) is 0. The molecule has 114 valence electrons. The van der Waals surface area contributed by atoms with Crippen LogP contribution >= 0.6 is 0 Å². The van der Waals surface area contributed by atoms with E-state index in [0.29, 0.717) is 18.9 Å². The van der Waals surface area contributed by atoms with Crippen LogP contribution < -0.4 is 15.3 Å². The van der Waals surface area contributed by atoms with Gasteiger partial charge in [0.05, 0.1) is 6.54 Å². The van der Waals surface area contributed by atoms with Crippen LogP contribution in [0.4, 0.5) is 5.69 Å². The van der Waals surface area contributed by atoms with E-state index in [1.807, 2.05) is 49.2 Å². The summed E-state index contributed by atoms with van der Waals surface area (Å²) < 4.78 is 10.5. The summed E-state index contributed by atoms with van der Waals surface area (Å²) >= 11 is 0. The van der Waals surface area contributed by atoms with Crippen molar-refractivity contribution in [3.05, 3.63) is 58.1 Å². The fourth-order valence-electron chi connectivity index (χ4n) is 1.96. The van der Waals surface area contributed by atoms with Gasteiger partial charge in [-0.2, -0.15) is 0 Å². The highest BCUT2D eigenvalue weighted by Crippen LogP contribution is 2.15. The van der Waals surface area contributed by atoms with E-state index in [4.69, 9.17) is 9.15 Å². The molecule has 0 fully saturated rings. The maximum Gasteiger partial charge on any atom is 0.337 e. The molecule has 0 unspecified atom stereocenters. The maximum atomic E-state index is 11.3. The summed E-state index contributed by atoms with van der Waals surface area (Å²) in [6.45, 7) is 4.61. The maximum absolute atomic E-state index is 11.3. The summed E-state index contributed by atoms with van der Waals surface area (Å²) in [4.78, 5) is 13.2. The Kier molecular flexibility index (Phi) is 5.26. The molecule has 0 aliphatic carbocycles. The minimum atomic E-state index is -0.349. The summed E-state index contributed by atoms with van der Waals surface area (Å²) in [7, 11) is 1.88. The number of nitrogens with zero attached hydrogens (tertiary/aromatic N) is 1. The van der Waals surface area contributed by atoms with Gasteiger partial charge in [-0.15, -0.1) is 0 Å². The lowest BCUT2D eigenvalue weighted by Crippen LogP contribution is -2.19. The van der Waals surface area contributed by atoms with Crippen molar-refractivity contribution in [2.45, 2.75) is 13.8 Å². The molecule has 0 aliphatic rings. The molecule has 0 atom stereocenters. The van der Waals surface area contributed by atoms with E-state index < -0.39 is 0 Å². The van der Waals surface area contributed by atoms with E-state index >= 15 is 0 Å². The largest absolute Gasteiger partial charge is 0.481 e. The van der Waals surface area contributed by atoms with Gasteiger partial charge in [0.2, 0.25) is 0 Å². The Balaban J connectivity index is 1.88. The van der Waals surface area contributed by atoms with Crippen LogP contribution in [-0.2, 0) is 0 Å². The van der Waals surface area contributed by atoms with Crippen LogP contribution in [0.1, 0.15) is 11.3 Å². The average molecular weight is 297 g/mol. The fourth-order valence-corrected chi connectivity index (χ4v) is 1.96. The molecule has 2 aromatic rings. The van der Waals surface area contributed by atoms with Gasteiger partial charge in [-0.05, 0) is 31.5 Å². The van der Waals surface area contributed by atoms with E-state index in [1.165, 1.54) is 6.07 Å². The minimum Gasteiger partial charge on any atom is -0.481 e. The van der Waals surface area contributed by atoms with Crippen LogP contribution in [0.25, 0.3) is 0 Å². The van der Waals surface area contributed by atoms with Crippen LogP contribution in [0.15, 0.2) is 45.6 Å². The molecule has 0 N–H and O–H groups in total. The van der Waals surface area contributed by atoms with E-state index in [1.54, 1.807) is 6.92 Å². The van der Waals surface area contributed by atoms with Gasteiger partial charge in [-0.1, -0.05) is 30.0 Å². The van der Waals surface area contributed by atoms with Gasteiger partial charge in [-0.3, -0.25) is 0 Å². The molecule has 1 aromatic heterocycles. The molecule has 22 heavy (non-hydrogen) atoms. The van der Waals surface area contributed by atoms with Gasteiger partial charge in [0, 0.05) is 18.8 Å². The zero-order valence-corrected chi connectivity index (χ0v) is 13.1. The quantitative estimate of drug-likeness (QED) is 0.814. The molecule has 1 heterocycles. The topological polar surface area (TPSA) is 42.7 Å². The highest BCUT2D eigenvalue weighted by Gasteiger charge is 2.02. The summed E-state index contributed by atoms with van der Waals surface area (Å²) in [5.74, 6) is 7.44. The van der Waals surface area contributed by atoms with Crippen molar-refractivity contribution in [3.63, 3.8) is 0 Å². The first kappa shape index (κ1) is 15.7. The van der Waals surface area contributed by atoms with Crippen molar-refractivity contribution < 1.29 is 9.15 Å².